The van der Waals surface area contributed by atoms with Crippen molar-refractivity contribution in [2.75, 3.05) is 30.5 Å². The highest BCUT2D eigenvalue weighted by Crippen LogP contribution is 2.34. The van der Waals surface area contributed by atoms with Crippen molar-refractivity contribution < 1.29 is 33.5 Å². The smallest absolute Gasteiger partial charge is 0.342 e. The summed E-state index contributed by atoms with van der Waals surface area (Å²) in [6.07, 6.45) is 4.49. The SMILES string of the molecule is C=CCOC(=O)c1ccc(NC(=O)c2ccc(NC(=O)c3ccc([N+](=O)[O-])cc3)c(C)c2OCC=C)c(C)c1OCC=C. The Morgan fingerprint density at radius 3 is 1.74 bits per heavy atom. The molecule has 0 radical (unpaired) electrons. The van der Waals surface area contributed by atoms with Gasteiger partial charge in [-0.25, -0.2) is 4.79 Å². The minimum Gasteiger partial charge on any atom is -0.488 e. The second-order valence-corrected chi connectivity index (χ2v) is 9.03. The number of amides is 2. The molecule has 43 heavy (non-hydrogen) atoms. The molecular formula is C32H31N3O8. The first-order valence-corrected chi connectivity index (χ1v) is 13.0. The van der Waals surface area contributed by atoms with E-state index in [4.69, 9.17) is 14.2 Å². The third-order valence-electron chi connectivity index (χ3n) is 6.14. The summed E-state index contributed by atoms with van der Waals surface area (Å²) in [6.45, 7) is 14.4. The first-order chi connectivity index (χ1) is 20.6. The minimum absolute atomic E-state index is 0.0223. The minimum atomic E-state index is -0.609. The normalized spacial score (nSPS) is 10.2. The molecule has 0 spiro atoms. The lowest BCUT2D eigenvalue weighted by molar-refractivity contribution is -0.384. The number of nitrogens with one attached hydrogen (secondary N) is 2. The maximum Gasteiger partial charge on any atom is 0.342 e. The summed E-state index contributed by atoms with van der Waals surface area (Å²) in [6, 6.07) is 11.3. The Morgan fingerprint density at radius 2 is 1.23 bits per heavy atom. The first-order valence-electron chi connectivity index (χ1n) is 13.0. The van der Waals surface area contributed by atoms with Crippen LogP contribution in [0.1, 0.15) is 42.2 Å². The Labute approximate surface area is 248 Å². The van der Waals surface area contributed by atoms with Crippen LogP contribution in [0.3, 0.4) is 0 Å². The van der Waals surface area contributed by atoms with Crippen molar-refractivity contribution in [1.82, 2.24) is 0 Å². The molecule has 0 unspecified atom stereocenters. The maximum absolute atomic E-state index is 13.5. The second kappa shape index (κ2) is 14.8. The van der Waals surface area contributed by atoms with Crippen molar-refractivity contribution in [3.63, 3.8) is 0 Å². The molecule has 11 heteroatoms. The van der Waals surface area contributed by atoms with Gasteiger partial charge in [-0.3, -0.25) is 19.7 Å². The standard InChI is InChI=1S/C32H31N3O8/c1-6-17-41-28-20(4)26(33-30(36)22-9-11-23(12-10-22)35(39)40)15-13-24(28)31(37)34-27-16-14-25(32(38)43-19-8-3)29(21(27)5)42-18-7-2/h6-16H,1-3,17-19H2,4-5H3,(H,33,36)(H,34,37). The predicted octanol–water partition coefficient (Wildman–Crippen LogP) is 6.19. The Bertz CT molecular complexity index is 1580. The van der Waals surface area contributed by atoms with Crippen LogP contribution in [0.15, 0.2) is 86.5 Å². The average molecular weight is 586 g/mol. The van der Waals surface area contributed by atoms with E-state index in [1.165, 1.54) is 54.6 Å². The van der Waals surface area contributed by atoms with Gasteiger partial charge in [-0.15, -0.1) is 0 Å². The molecule has 0 aromatic heterocycles. The molecule has 0 saturated carbocycles. The molecule has 3 aromatic carbocycles. The highest BCUT2D eigenvalue weighted by atomic mass is 16.6. The van der Waals surface area contributed by atoms with E-state index in [9.17, 15) is 24.5 Å². The summed E-state index contributed by atoms with van der Waals surface area (Å²) in [5, 5.41) is 16.5. The summed E-state index contributed by atoms with van der Waals surface area (Å²) < 4.78 is 16.7. The lowest BCUT2D eigenvalue weighted by Crippen LogP contribution is -2.18. The topological polar surface area (TPSA) is 146 Å². The zero-order chi connectivity index (χ0) is 31.5. The zero-order valence-electron chi connectivity index (χ0n) is 23.8. The van der Waals surface area contributed by atoms with Crippen LogP contribution in [-0.4, -0.2) is 42.5 Å². The molecule has 222 valence electrons. The largest absolute Gasteiger partial charge is 0.488 e. The summed E-state index contributed by atoms with van der Waals surface area (Å²) in [5.74, 6) is -1.18. The van der Waals surface area contributed by atoms with Crippen molar-refractivity contribution in [3.05, 3.63) is 124 Å². The van der Waals surface area contributed by atoms with E-state index in [0.29, 0.717) is 22.5 Å². The van der Waals surface area contributed by atoms with Gasteiger partial charge in [-0.2, -0.15) is 0 Å². The van der Waals surface area contributed by atoms with Crippen molar-refractivity contribution >= 4 is 34.8 Å². The number of anilines is 2. The third-order valence-corrected chi connectivity index (χ3v) is 6.14. The molecule has 2 amide bonds. The number of carbonyl (C=O) groups is 3. The van der Waals surface area contributed by atoms with E-state index >= 15 is 0 Å². The number of nitrogens with zero attached hydrogens (tertiary/aromatic N) is 1. The average Bonchev–Trinajstić information content (AvgIpc) is 3.00. The van der Waals surface area contributed by atoms with Gasteiger partial charge < -0.3 is 24.8 Å². The van der Waals surface area contributed by atoms with Crippen LogP contribution < -0.4 is 20.1 Å². The number of non-ortho nitro benzene ring substituents is 1. The Hall–Kier alpha value is -5.71. The van der Waals surface area contributed by atoms with Crippen LogP contribution in [0.4, 0.5) is 17.1 Å². The number of rotatable bonds is 14. The van der Waals surface area contributed by atoms with Gasteiger partial charge in [0.05, 0.1) is 10.5 Å². The molecule has 0 aliphatic carbocycles. The van der Waals surface area contributed by atoms with E-state index in [1.54, 1.807) is 26.0 Å². The van der Waals surface area contributed by atoms with Crippen LogP contribution in [0.2, 0.25) is 0 Å². The van der Waals surface area contributed by atoms with E-state index in [2.05, 4.69) is 30.4 Å². The fraction of sp³-hybridized carbons (Fsp3) is 0.156. The van der Waals surface area contributed by atoms with Crippen molar-refractivity contribution in [2.24, 2.45) is 0 Å². The van der Waals surface area contributed by atoms with E-state index < -0.39 is 22.7 Å². The van der Waals surface area contributed by atoms with Gasteiger partial charge in [0.25, 0.3) is 17.5 Å². The van der Waals surface area contributed by atoms with Crippen molar-refractivity contribution in [3.8, 4) is 11.5 Å². The van der Waals surface area contributed by atoms with Crippen molar-refractivity contribution in [2.45, 2.75) is 13.8 Å². The molecule has 0 atom stereocenters. The Kier molecular flexibility index (Phi) is 10.9. The van der Waals surface area contributed by atoms with Gasteiger partial charge >= 0.3 is 5.97 Å². The van der Waals surface area contributed by atoms with Gasteiger partial charge in [-0.1, -0.05) is 38.0 Å². The number of nitro groups is 1. The van der Waals surface area contributed by atoms with Crippen LogP contribution in [0, 0.1) is 24.0 Å². The van der Waals surface area contributed by atoms with E-state index in [0.717, 1.165) is 0 Å². The fourth-order valence-electron chi connectivity index (χ4n) is 3.98. The first kappa shape index (κ1) is 31.8. The number of esters is 1. The number of hydrogen-bond donors (Lipinski definition) is 2. The lowest BCUT2D eigenvalue weighted by atomic mass is 10.0. The van der Waals surface area contributed by atoms with E-state index in [1.807, 2.05) is 0 Å². The molecule has 3 rings (SSSR count). The third kappa shape index (κ3) is 7.73. The Balaban J connectivity index is 1.93. The molecule has 0 fully saturated rings. The second-order valence-electron chi connectivity index (χ2n) is 9.03. The van der Waals surface area contributed by atoms with E-state index in [-0.39, 0.29) is 53.7 Å². The molecule has 3 aromatic rings. The molecule has 0 bridgehead atoms. The fourth-order valence-corrected chi connectivity index (χ4v) is 3.98. The Morgan fingerprint density at radius 1 is 0.744 bits per heavy atom. The van der Waals surface area contributed by atoms with Crippen LogP contribution in [0.5, 0.6) is 11.5 Å². The van der Waals surface area contributed by atoms with Gasteiger partial charge in [0, 0.05) is 40.2 Å². The summed E-state index contributed by atoms with van der Waals surface area (Å²) in [5.41, 5.74) is 2.14. The van der Waals surface area contributed by atoms with Crippen LogP contribution >= 0.6 is 0 Å². The number of hydrogen-bond acceptors (Lipinski definition) is 8. The monoisotopic (exact) mass is 585 g/mol. The molecule has 0 aliphatic rings. The molecule has 0 saturated heterocycles. The molecule has 2 N–H and O–H groups in total. The number of ether oxygens (including phenoxy) is 3. The summed E-state index contributed by atoms with van der Waals surface area (Å²) >= 11 is 0. The molecule has 0 heterocycles. The molecular weight excluding hydrogens is 554 g/mol. The van der Waals surface area contributed by atoms with Crippen LogP contribution in [0.25, 0.3) is 0 Å². The van der Waals surface area contributed by atoms with Crippen LogP contribution in [-0.2, 0) is 4.74 Å². The number of benzene rings is 3. The quantitative estimate of drug-likeness (QED) is 0.0986. The zero-order valence-corrected chi connectivity index (χ0v) is 23.8. The van der Waals surface area contributed by atoms with Gasteiger partial charge in [0.1, 0.15) is 36.9 Å². The molecule has 11 nitrogen and oxygen atoms in total. The molecule has 0 aliphatic heterocycles. The predicted molar refractivity (Wildman–Crippen MR) is 163 cm³/mol. The van der Waals surface area contributed by atoms with Crippen molar-refractivity contribution in [1.29, 1.82) is 0 Å². The van der Waals surface area contributed by atoms with Gasteiger partial charge in [0.2, 0.25) is 0 Å². The highest BCUT2D eigenvalue weighted by Gasteiger charge is 2.23. The number of nitro benzene ring substituents is 1. The van der Waals surface area contributed by atoms with Gasteiger partial charge in [-0.05, 0) is 50.2 Å². The summed E-state index contributed by atoms with van der Waals surface area (Å²) in [4.78, 5) is 49.3. The maximum atomic E-state index is 13.5. The number of carbonyl (C=O) groups excluding carboxylic acids is 3. The van der Waals surface area contributed by atoms with Gasteiger partial charge in [0.15, 0.2) is 0 Å². The lowest BCUT2D eigenvalue weighted by Gasteiger charge is -2.19. The highest BCUT2D eigenvalue weighted by molar-refractivity contribution is 6.09. The summed E-state index contributed by atoms with van der Waals surface area (Å²) in [7, 11) is 0.